The highest BCUT2D eigenvalue weighted by molar-refractivity contribution is 5.18. The van der Waals surface area contributed by atoms with Gasteiger partial charge >= 0.3 is 0 Å². The van der Waals surface area contributed by atoms with Crippen LogP contribution in [0.3, 0.4) is 0 Å². The van der Waals surface area contributed by atoms with Gasteiger partial charge in [0.1, 0.15) is 0 Å². The van der Waals surface area contributed by atoms with Crippen LogP contribution < -0.4 is 0 Å². The molecular weight excluding hydrogens is 200 g/mol. The van der Waals surface area contributed by atoms with Gasteiger partial charge in [-0.3, -0.25) is 0 Å². The van der Waals surface area contributed by atoms with Crippen LogP contribution in [0.4, 0.5) is 0 Å². The van der Waals surface area contributed by atoms with Crippen molar-refractivity contribution in [2.75, 3.05) is 7.11 Å². The fourth-order valence-corrected chi connectivity index (χ4v) is 2.60. The summed E-state index contributed by atoms with van der Waals surface area (Å²) in [4.78, 5) is 0. The highest BCUT2D eigenvalue weighted by Crippen LogP contribution is 2.35. The largest absolute Gasteiger partial charge is 0.388 e. The van der Waals surface area contributed by atoms with Crippen molar-refractivity contribution >= 4 is 0 Å². The Hall–Kier alpha value is -0.860. The molecule has 0 bridgehead atoms. The molecule has 1 saturated carbocycles. The van der Waals surface area contributed by atoms with Gasteiger partial charge in [0, 0.05) is 7.11 Å². The minimum atomic E-state index is -0.334. The second-order valence-electron chi connectivity index (χ2n) is 4.64. The lowest BCUT2D eigenvalue weighted by molar-refractivity contribution is 0.00585. The van der Waals surface area contributed by atoms with Crippen LogP contribution in [-0.4, -0.2) is 18.3 Å². The van der Waals surface area contributed by atoms with Gasteiger partial charge < -0.3 is 9.84 Å². The van der Waals surface area contributed by atoms with E-state index in [4.69, 9.17) is 4.74 Å². The van der Waals surface area contributed by atoms with Crippen molar-refractivity contribution in [3.8, 4) is 0 Å². The Labute approximate surface area is 97.3 Å². The number of hydrogen-bond acceptors (Lipinski definition) is 2. The van der Waals surface area contributed by atoms with Gasteiger partial charge in [-0.25, -0.2) is 0 Å². The van der Waals surface area contributed by atoms with E-state index in [0.29, 0.717) is 12.0 Å². The predicted molar refractivity (Wildman–Crippen MR) is 64.2 cm³/mol. The van der Waals surface area contributed by atoms with Crippen LogP contribution in [-0.2, 0) is 4.74 Å². The average Bonchev–Trinajstić information content (AvgIpc) is 2.39. The van der Waals surface area contributed by atoms with Crippen LogP contribution in [0.15, 0.2) is 30.3 Å². The van der Waals surface area contributed by atoms with Crippen LogP contribution in [0.25, 0.3) is 0 Å². The first-order valence-corrected chi connectivity index (χ1v) is 6.07. The normalized spacial score (nSPS) is 27.6. The minimum Gasteiger partial charge on any atom is -0.388 e. The molecule has 0 heterocycles. The summed E-state index contributed by atoms with van der Waals surface area (Å²) in [6, 6.07) is 9.95. The number of ether oxygens (including phenoxy) is 1. The van der Waals surface area contributed by atoms with Gasteiger partial charge in [0.25, 0.3) is 0 Å². The number of benzene rings is 1. The van der Waals surface area contributed by atoms with E-state index in [2.05, 4.69) is 0 Å². The van der Waals surface area contributed by atoms with Crippen molar-refractivity contribution < 1.29 is 9.84 Å². The summed E-state index contributed by atoms with van der Waals surface area (Å²) in [5.41, 5.74) is 1.03. The number of aliphatic hydroxyl groups excluding tert-OH is 1. The summed E-state index contributed by atoms with van der Waals surface area (Å²) in [6.45, 7) is 0. The Morgan fingerprint density at radius 3 is 2.69 bits per heavy atom. The summed E-state index contributed by atoms with van der Waals surface area (Å²) in [6.07, 6.45) is 4.38. The molecule has 0 amide bonds. The molecule has 16 heavy (non-hydrogen) atoms. The van der Waals surface area contributed by atoms with Gasteiger partial charge in [0.2, 0.25) is 0 Å². The maximum atomic E-state index is 10.3. The van der Waals surface area contributed by atoms with E-state index < -0.39 is 0 Å². The molecule has 1 aromatic carbocycles. The zero-order chi connectivity index (χ0) is 11.4. The average molecular weight is 220 g/mol. The molecular formula is C14H20O2. The molecule has 1 N–H and O–H groups in total. The standard InChI is InChI=1S/C14H20O2/c1-16-13-9-5-8-12(10-13)14(15)11-6-3-2-4-7-11/h2-4,6-7,12-15H,5,8-10H2,1H3. The van der Waals surface area contributed by atoms with E-state index in [1.165, 1.54) is 0 Å². The van der Waals surface area contributed by atoms with Crippen LogP contribution >= 0.6 is 0 Å². The molecule has 0 spiro atoms. The SMILES string of the molecule is COC1CCCC(C(O)c2ccccc2)C1. The third kappa shape index (κ3) is 2.63. The Morgan fingerprint density at radius 1 is 1.25 bits per heavy atom. The topological polar surface area (TPSA) is 29.5 Å². The van der Waals surface area contributed by atoms with Crippen LogP contribution in [0.2, 0.25) is 0 Å². The van der Waals surface area contributed by atoms with Crippen molar-refractivity contribution in [2.45, 2.75) is 37.9 Å². The molecule has 1 fully saturated rings. The molecule has 3 atom stereocenters. The summed E-state index contributed by atoms with van der Waals surface area (Å²) >= 11 is 0. The summed E-state index contributed by atoms with van der Waals surface area (Å²) in [5.74, 6) is 0.348. The molecule has 2 nitrogen and oxygen atoms in total. The number of rotatable bonds is 3. The van der Waals surface area contributed by atoms with Gasteiger partial charge in [-0.05, 0) is 30.7 Å². The molecule has 0 radical (unpaired) electrons. The van der Waals surface area contributed by atoms with E-state index in [1.54, 1.807) is 7.11 Å². The lowest BCUT2D eigenvalue weighted by atomic mass is 9.81. The van der Waals surface area contributed by atoms with Gasteiger partial charge in [0.05, 0.1) is 12.2 Å². The fourth-order valence-electron chi connectivity index (χ4n) is 2.60. The van der Waals surface area contributed by atoms with Crippen molar-refractivity contribution in [1.82, 2.24) is 0 Å². The van der Waals surface area contributed by atoms with Crippen LogP contribution in [0, 0.1) is 5.92 Å². The van der Waals surface area contributed by atoms with Crippen molar-refractivity contribution in [3.05, 3.63) is 35.9 Å². The van der Waals surface area contributed by atoms with E-state index in [-0.39, 0.29) is 6.10 Å². The van der Waals surface area contributed by atoms with Gasteiger partial charge in [0.15, 0.2) is 0 Å². The van der Waals surface area contributed by atoms with Gasteiger partial charge in [-0.1, -0.05) is 36.8 Å². The molecule has 2 heteroatoms. The third-order valence-corrected chi connectivity index (χ3v) is 3.59. The summed E-state index contributed by atoms with van der Waals surface area (Å²) < 4.78 is 5.40. The smallest absolute Gasteiger partial charge is 0.0819 e. The predicted octanol–water partition coefficient (Wildman–Crippen LogP) is 2.93. The second-order valence-corrected chi connectivity index (χ2v) is 4.64. The molecule has 0 saturated heterocycles. The first-order chi connectivity index (χ1) is 7.81. The zero-order valence-corrected chi connectivity index (χ0v) is 9.80. The molecule has 0 aromatic heterocycles. The van der Waals surface area contributed by atoms with Crippen molar-refractivity contribution in [3.63, 3.8) is 0 Å². The zero-order valence-electron chi connectivity index (χ0n) is 9.80. The number of aliphatic hydroxyl groups is 1. The third-order valence-electron chi connectivity index (χ3n) is 3.59. The maximum absolute atomic E-state index is 10.3. The van der Waals surface area contributed by atoms with E-state index in [0.717, 1.165) is 31.2 Å². The van der Waals surface area contributed by atoms with Crippen molar-refractivity contribution in [2.24, 2.45) is 5.92 Å². The van der Waals surface area contributed by atoms with Crippen LogP contribution in [0.5, 0.6) is 0 Å². The highest BCUT2D eigenvalue weighted by Gasteiger charge is 2.27. The summed E-state index contributed by atoms with van der Waals surface area (Å²) in [5, 5.41) is 10.3. The minimum absolute atomic E-state index is 0.331. The molecule has 3 unspecified atom stereocenters. The Balaban J connectivity index is 2.01. The second kappa shape index (κ2) is 5.46. The highest BCUT2D eigenvalue weighted by atomic mass is 16.5. The first kappa shape index (κ1) is 11.6. The van der Waals surface area contributed by atoms with Crippen LogP contribution in [0.1, 0.15) is 37.4 Å². The molecule has 2 rings (SSSR count). The molecule has 88 valence electrons. The summed E-state index contributed by atoms with van der Waals surface area (Å²) in [7, 11) is 1.77. The molecule has 1 aliphatic rings. The number of hydrogen-bond donors (Lipinski definition) is 1. The molecule has 0 aliphatic heterocycles. The van der Waals surface area contributed by atoms with E-state index in [9.17, 15) is 5.11 Å². The lowest BCUT2D eigenvalue weighted by Crippen LogP contribution is -2.25. The quantitative estimate of drug-likeness (QED) is 0.848. The lowest BCUT2D eigenvalue weighted by Gasteiger charge is -2.31. The van der Waals surface area contributed by atoms with E-state index >= 15 is 0 Å². The number of methoxy groups -OCH3 is 1. The monoisotopic (exact) mass is 220 g/mol. The van der Waals surface area contributed by atoms with E-state index in [1.807, 2.05) is 30.3 Å². The first-order valence-electron chi connectivity index (χ1n) is 6.07. The molecule has 1 aliphatic carbocycles. The van der Waals surface area contributed by atoms with Gasteiger partial charge in [-0.2, -0.15) is 0 Å². The van der Waals surface area contributed by atoms with Gasteiger partial charge in [-0.15, -0.1) is 0 Å². The Bertz CT molecular complexity index is 310. The fraction of sp³-hybridized carbons (Fsp3) is 0.571. The maximum Gasteiger partial charge on any atom is 0.0819 e. The molecule has 1 aromatic rings. The Morgan fingerprint density at radius 2 is 2.00 bits per heavy atom. The Kier molecular flexibility index (Phi) is 3.97. The van der Waals surface area contributed by atoms with Crippen molar-refractivity contribution in [1.29, 1.82) is 0 Å².